The van der Waals surface area contributed by atoms with E-state index in [-0.39, 0.29) is 0 Å². The van der Waals surface area contributed by atoms with Gasteiger partial charge in [0.25, 0.3) is 0 Å². The third kappa shape index (κ3) is 2.24. The normalized spacial score (nSPS) is 10.7. The van der Waals surface area contributed by atoms with E-state index in [4.69, 9.17) is 10.5 Å². The van der Waals surface area contributed by atoms with E-state index in [9.17, 15) is 0 Å². The Balaban J connectivity index is 2.48. The number of ether oxygens (including phenoxy) is 1. The lowest BCUT2D eigenvalue weighted by molar-refractivity contribution is 0.412. The third-order valence-corrected chi connectivity index (χ3v) is 3.09. The molecule has 0 amide bonds. The third-order valence-electron chi connectivity index (χ3n) is 3.09. The standard InChI is InChI=1S/C14H19N3O/c1-9-8-11(4-5-13(9)18-3)14-10(2)16-17-12(14)6-7-15/h4-5,8H,6-7,15H2,1-3H3,(H,16,17). The monoisotopic (exact) mass is 245 g/mol. The molecule has 0 aliphatic rings. The molecule has 1 heterocycles. The first kappa shape index (κ1) is 12.6. The minimum Gasteiger partial charge on any atom is -0.496 e. The van der Waals surface area contributed by atoms with Crippen molar-refractivity contribution in [1.29, 1.82) is 0 Å². The molecule has 4 nitrogen and oxygen atoms in total. The molecule has 0 saturated carbocycles. The highest BCUT2D eigenvalue weighted by Crippen LogP contribution is 2.29. The fraction of sp³-hybridized carbons (Fsp3) is 0.357. The second-order valence-corrected chi connectivity index (χ2v) is 4.39. The fourth-order valence-electron chi connectivity index (χ4n) is 2.21. The molecule has 0 aliphatic carbocycles. The van der Waals surface area contributed by atoms with Crippen molar-refractivity contribution in [2.75, 3.05) is 13.7 Å². The Morgan fingerprint density at radius 3 is 2.72 bits per heavy atom. The van der Waals surface area contributed by atoms with Crippen LogP contribution in [0.25, 0.3) is 11.1 Å². The first-order chi connectivity index (χ1) is 8.67. The number of H-pyrrole nitrogens is 1. The molecule has 96 valence electrons. The van der Waals surface area contributed by atoms with Gasteiger partial charge in [-0.05, 0) is 43.7 Å². The number of aromatic amines is 1. The largest absolute Gasteiger partial charge is 0.496 e. The maximum Gasteiger partial charge on any atom is 0.121 e. The van der Waals surface area contributed by atoms with Crippen molar-refractivity contribution in [3.8, 4) is 16.9 Å². The molecule has 18 heavy (non-hydrogen) atoms. The lowest BCUT2D eigenvalue weighted by Gasteiger charge is -2.08. The lowest BCUT2D eigenvalue weighted by Crippen LogP contribution is -2.04. The van der Waals surface area contributed by atoms with Crippen LogP contribution >= 0.6 is 0 Å². The highest BCUT2D eigenvalue weighted by molar-refractivity contribution is 5.70. The van der Waals surface area contributed by atoms with Gasteiger partial charge in [-0.25, -0.2) is 0 Å². The summed E-state index contributed by atoms with van der Waals surface area (Å²) in [6, 6.07) is 6.17. The summed E-state index contributed by atoms with van der Waals surface area (Å²) in [4.78, 5) is 0. The first-order valence-corrected chi connectivity index (χ1v) is 6.06. The van der Waals surface area contributed by atoms with Gasteiger partial charge in [-0.2, -0.15) is 5.10 Å². The Morgan fingerprint density at radius 1 is 1.33 bits per heavy atom. The van der Waals surface area contributed by atoms with Gasteiger partial charge in [0.2, 0.25) is 0 Å². The average Bonchev–Trinajstić information content (AvgIpc) is 2.71. The molecular weight excluding hydrogens is 226 g/mol. The fourth-order valence-corrected chi connectivity index (χ4v) is 2.21. The van der Waals surface area contributed by atoms with Gasteiger partial charge in [0.05, 0.1) is 12.8 Å². The van der Waals surface area contributed by atoms with E-state index in [0.717, 1.165) is 40.2 Å². The van der Waals surface area contributed by atoms with Gasteiger partial charge >= 0.3 is 0 Å². The van der Waals surface area contributed by atoms with Crippen molar-refractivity contribution in [1.82, 2.24) is 10.2 Å². The zero-order valence-electron chi connectivity index (χ0n) is 11.1. The van der Waals surface area contributed by atoms with Gasteiger partial charge in [0.1, 0.15) is 5.75 Å². The number of hydrogen-bond acceptors (Lipinski definition) is 3. The van der Waals surface area contributed by atoms with E-state index in [0.29, 0.717) is 6.54 Å². The number of rotatable bonds is 4. The van der Waals surface area contributed by atoms with Gasteiger partial charge in [-0.1, -0.05) is 6.07 Å². The topological polar surface area (TPSA) is 63.9 Å². The number of benzene rings is 1. The Morgan fingerprint density at radius 2 is 2.11 bits per heavy atom. The van der Waals surface area contributed by atoms with Crippen LogP contribution in [-0.2, 0) is 6.42 Å². The van der Waals surface area contributed by atoms with Crippen LogP contribution in [0.1, 0.15) is 17.0 Å². The maximum absolute atomic E-state index is 5.62. The van der Waals surface area contributed by atoms with Gasteiger partial charge in [-0.15, -0.1) is 0 Å². The second-order valence-electron chi connectivity index (χ2n) is 4.39. The van der Waals surface area contributed by atoms with Crippen LogP contribution in [0.4, 0.5) is 0 Å². The molecule has 0 spiro atoms. The second kappa shape index (κ2) is 5.23. The van der Waals surface area contributed by atoms with Crippen LogP contribution in [0, 0.1) is 13.8 Å². The number of hydrogen-bond donors (Lipinski definition) is 2. The van der Waals surface area contributed by atoms with Gasteiger partial charge in [0, 0.05) is 17.7 Å². The van der Waals surface area contributed by atoms with E-state index in [1.807, 2.05) is 19.9 Å². The highest BCUT2D eigenvalue weighted by atomic mass is 16.5. The van der Waals surface area contributed by atoms with Crippen molar-refractivity contribution in [3.05, 3.63) is 35.2 Å². The minimum atomic E-state index is 0.604. The van der Waals surface area contributed by atoms with Crippen LogP contribution in [0.5, 0.6) is 5.75 Å². The lowest BCUT2D eigenvalue weighted by atomic mass is 10.00. The summed E-state index contributed by atoms with van der Waals surface area (Å²) in [5, 5.41) is 7.35. The Kier molecular flexibility index (Phi) is 3.67. The predicted octanol–water partition coefficient (Wildman–Crippen LogP) is 2.20. The molecule has 0 bridgehead atoms. The quantitative estimate of drug-likeness (QED) is 0.868. The average molecular weight is 245 g/mol. The zero-order valence-corrected chi connectivity index (χ0v) is 11.1. The van der Waals surface area contributed by atoms with Gasteiger partial charge in [0.15, 0.2) is 0 Å². The van der Waals surface area contributed by atoms with Crippen molar-refractivity contribution in [2.24, 2.45) is 5.73 Å². The van der Waals surface area contributed by atoms with Crippen molar-refractivity contribution in [3.63, 3.8) is 0 Å². The van der Waals surface area contributed by atoms with Crippen molar-refractivity contribution in [2.45, 2.75) is 20.3 Å². The molecule has 2 aromatic rings. The molecule has 1 aromatic carbocycles. The number of methoxy groups -OCH3 is 1. The Bertz CT molecular complexity index is 546. The molecule has 0 aliphatic heterocycles. The maximum atomic E-state index is 5.62. The minimum absolute atomic E-state index is 0.604. The van der Waals surface area contributed by atoms with Crippen molar-refractivity contribution < 1.29 is 4.74 Å². The molecule has 0 radical (unpaired) electrons. The number of aryl methyl sites for hydroxylation is 2. The number of aromatic nitrogens is 2. The summed E-state index contributed by atoms with van der Waals surface area (Å²) >= 11 is 0. The molecule has 2 rings (SSSR count). The smallest absolute Gasteiger partial charge is 0.121 e. The summed E-state index contributed by atoms with van der Waals surface area (Å²) in [5.41, 5.74) is 11.2. The van der Waals surface area contributed by atoms with Crippen LogP contribution in [0.2, 0.25) is 0 Å². The van der Waals surface area contributed by atoms with E-state index < -0.39 is 0 Å². The highest BCUT2D eigenvalue weighted by Gasteiger charge is 2.12. The van der Waals surface area contributed by atoms with Gasteiger partial charge in [-0.3, -0.25) is 5.10 Å². The molecule has 0 saturated heterocycles. The number of nitrogens with two attached hydrogens (primary N) is 1. The molecular formula is C14H19N3O. The van der Waals surface area contributed by atoms with E-state index in [1.54, 1.807) is 7.11 Å². The molecule has 0 unspecified atom stereocenters. The van der Waals surface area contributed by atoms with E-state index in [1.165, 1.54) is 0 Å². The van der Waals surface area contributed by atoms with Crippen molar-refractivity contribution >= 4 is 0 Å². The van der Waals surface area contributed by atoms with E-state index in [2.05, 4.69) is 22.3 Å². The van der Waals surface area contributed by atoms with E-state index >= 15 is 0 Å². The van der Waals surface area contributed by atoms with Crippen LogP contribution < -0.4 is 10.5 Å². The van der Waals surface area contributed by atoms with Crippen LogP contribution in [-0.4, -0.2) is 23.9 Å². The first-order valence-electron chi connectivity index (χ1n) is 6.06. The van der Waals surface area contributed by atoms with Crippen LogP contribution in [0.15, 0.2) is 18.2 Å². The van der Waals surface area contributed by atoms with Crippen LogP contribution in [0.3, 0.4) is 0 Å². The summed E-state index contributed by atoms with van der Waals surface area (Å²) in [5.74, 6) is 0.903. The molecule has 1 aromatic heterocycles. The Labute approximate surface area is 107 Å². The summed E-state index contributed by atoms with van der Waals surface area (Å²) < 4.78 is 5.28. The SMILES string of the molecule is COc1ccc(-c2c(CCN)n[nH]c2C)cc1C. The summed E-state index contributed by atoms with van der Waals surface area (Å²) in [7, 11) is 1.69. The molecule has 0 atom stereocenters. The number of nitrogens with one attached hydrogen (secondary N) is 1. The Hall–Kier alpha value is -1.81. The predicted molar refractivity (Wildman–Crippen MR) is 72.8 cm³/mol. The molecule has 0 fully saturated rings. The molecule has 3 N–H and O–H groups in total. The zero-order chi connectivity index (χ0) is 13.1. The molecule has 4 heteroatoms. The summed E-state index contributed by atoms with van der Waals surface area (Å²) in [6.07, 6.45) is 0.782. The number of nitrogens with zero attached hydrogens (tertiary/aromatic N) is 1. The summed E-state index contributed by atoms with van der Waals surface area (Å²) in [6.45, 7) is 4.68. The van der Waals surface area contributed by atoms with Gasteiger partial charge < -0.3 is 10.5 Å².